The number of carbonyl (C=O) groups excluding carboxylic acids is 1. The summed E-state index contributed by atoms with van der Waals surface area (Å²) < 4.78 is 0. The summed E-state index contributed by atoms with van der Waals surface area (Å²) in [4.78, 5) is 15.6. The standard InChI is InChI=1S/C15H18N4O/c1-10-5-6-13(11(2)9-10)19-16-12(3)14(17-19)15(20)18-7-4-8-18/h5-6,9H,4,7-8H2,1-3H3. The Morgan fingerprint density at radius 2 is 1.90 bits per heavy atom. The minimum absolute atomic E-state index is 0.00948. The third-order valence-corrected chi connectivity index (χ3v) is 3.70. The van der Waals surface area contributed by atoms with Crippen LogP contribution in [0.5, 0.6) is 0 Å². The molecular formula is C15H18N4O. The molecule has 0 N–H and O–H groups in total. The summed E-state index contributed by atoms with van der Waals surface area (Å²) in [6, 6.07) is 6.10. The van der Waals surface area contributed by atoms with Crippen molar-refractivity contribution in [2.45, 2.75) is 27.2 Å². The van der Waals surface area contributed by atoms with Gasteiger partial charge < -0.3 is 4.90 Å². The van der Waals surface area contributed by atoms with Gasteiger partial charge in [-0.3, -0.25) is 4.79 Å². The average Bonchev–Trinajstić information content (AvgIpc) is 2.68. The predicted molar refractivity (Wildman–Crippen MR) is 76.1 cm³/mol. The number of hydrogen-bond acceptors (Lipinski definition) is 3. The smallest absolute Gasteiger partial charge is 0.276 e. The van der Waals surface area contributed by atoms with E-state index in [1.807, 2.05) is 30.9 Å². The molecule has 1 amide bonds. The van der Waals surface area contributed by atoms with E-state index in [1.165, 1.54) is 5.56 Å². The molecule has 104 valence electrons. The number of carbonyl (C=O) groups is 1. The number of aryl methyl sites for hydroxylation is 3. The van der Waals surface area contributed by atoms with Crippen LogP contribution in [0.25, 0.3) is 5.69 Å². The molecule has 0 aliphatic carbocycles. The Labute approximate surface area is 118 Å². The molecule has 1 aromatic heterocycles. The van der Waals surface area contributed by atoms with E-state index >= 15 is 0 Å². The lowest BCUT2D eigenvalue weighted by Gasteiger charge is -2.30. The van der Waals surface area contributed by atoms with Crippen molar-refractivity contribution < 1.29 is 4.79 Å². The molecule has 2 aromatic rings. The van der Waals surface area contributed by atoms with E-state index in [2.05, 4.69) is 23.2 Å². The fourth-order valence-electron chi connectivity index (χ4n) is 2.38. The molecule has 20 heavy (non-hydrogen) atoms. The van der Waals surface area contributed by atoms with Crippen LogP contribution in [0.4, 0.5) is 0 Å². The molecule has 5 heteroatoms. The Balaban J connectivity index is 1.97. The molecule has 1 aromatic carbocycles. The van der Waals surface area contributed by atoms with Gasteiger partial charge in [0.2, 0.25) is 0 Å². The summed E-state index contributed by atoms with van der Waals surface area (Å²) >= 11 is 0. The summed E-state index contributed by atoms with van der Waals surface area (Å²) in [5.74, 6) is -0.00948. The molecule has 0 radical (unpaired) electrons. The monoisotopic (exact) mass is 270 g/mol. The fourth-order valence-corrected chi connectivity index (χ4v) is 2.38. The quantitative estimate of drug-likeness (QED) is 0.839. The van der Waals surface area contributed by atoms with Crippen LogP contribution in [0.15, 0.2) is 18.2 Å². The third-order valence-electron chi connectivity index (χ3n) is 3.70. The van der Waals surface area contributed by atoms with Gasteiger partial charge in [-0.15, -0.1) is 5.10 Å². The van der Waals surface area contributed by atoms with E-state index in [0.717, 1.165) is 30.8 Å². The molecular weight excluding hydrogens is 252 g/mol. The van der Waals surface area contributed by atoms with E-state index in [4.69, 9.17) is 0 Å². The topological polar surface area (TPSA) is 51.0 Å². The van der Waals surface area contributed by atoms with Gasteiger partial charge in [0.15, 0.2) is 5.69 Å². The minimum Gasteiger partial charge on any atom is -0.337 e. The molecule has 0 saturated carbocycles. The van der Waals surface area contributed by atoms with Gasteiger partial charge in [0.05, 0.1) is 11.4 Å². The first kappa shape index (κ1) is 12.8. The lowest BCUT2D eigenvalue weighted by Crippen LogP contribution is -2.42. The molecule has 0 unspecified atom stereocenters. The van der Waals surface area contributed by atoms with Crippen molar-refractivity contribution >= 4 is 5.91 Å². The zero-order valence-corrected chi connectivity index (χ0v) is 12.1. The van der Waals surface area contributed by atoms with Crippen molar-refractivity contribution in [2.24, 2.45) is 0 Å². The molecule has 5 nitrogen and oxygen atoms in total. The fraction of sp³-hybridized carbons (Fsp3) is 0.400. The van der Waals surface area contributed by atoms with Crippen molar-refractivity contribution in [2.75, 3.05) is 13.1 Å². The molecule has 1 saturated heterocycles. The van der Waals surface area contributed by atoms with Crippen LogP contribution in [0.1, 0.15) is 33.7 Å². The first-order valence-electron chi connectivity index (χ1n) is 6.87. The lowest BCUT2D eigenvalue weighted by molar-refractivity contribution is 0.0644. The highest BCUT2D eigenvalue weighted by Gasteiger charge is 2.26. The lowest BCUT2D eigenvalue weighted by atomic mass is 10.1. The SMILES string of the molecule is Cc1ccc(-n2nc(C)c(C(=O)N3CCC3)n2)c(C)c1. The third kappa shape index (κ3) is 2.09. The van der Waals surface area contributed by atoms with Gasteiger partial charge in [0.1, 0.15) is 0 Å². The van der Waals surface area contributed by atoms with Gasteiger partial charge in [-0.25, -0.2) is 0 Å². The number of rotatable bonds is 2. The zero-order valence-electron chi connectivity index (χ0n) is 12.1. The highest BCUT2D eigenvalue weighted by Crippen LogP contribution is 2.17. The Hall–Kier alpha value is -2.17. The van der Waals surface area contributed by atoms with Gasteiger partial charge >= 0.3 is 0 Å². The molecule has 2 heterocycles. The number of benzene rings is 1. The van der Waals surface area contributed by atoms with Crippen LogP contribution < -0.4 is 0 Å². The van der Waals surface area contributed by atoms with Crippen molar-refractivity contribution in [3.63, 3.8) is 0 Å². The largest absolute Gasteiger partial charge is 0.337 e. The minimum atomic E-state index is -0.00948. The van der Waals surface area contributed by atoms with E-state index in [1.54, 1.807) is 4.80 Å². The molecule has 0 spiro atoms. The molecule has 1 aliphatic rings. The number of likely N-dealkylation sites (tertiary alicyclic amines) is 1. The molecule has 1 fully saturated rings. The Morgan fingerprint density at radius 1 is 1.15 bits per heavy atom. The van der Waals surface area contributed by atoms with Crippen molar-refractivity contribution in [1.82, 2.24) is 19.9 Å². The van der Waals surface area contributed by atoms with E-state index < -0.39 is 0 Å². The number of aromatic nitrogens is 3. The number of hydrogen-bond donors (Lipinski definition) is 0. The van der Waals surface area contributed by atoms with Gasteiger partial charge in [-0.05, 0) is 38.8 Å². The van der Waals surface area contributed by atoms with Crippen LogP contribution in [0.2, 0.25) is 0 Å². The highest BCUT2D eigenvalue weighted by atomic mass is 16.2. The van der Waals surface area contributed by atoms with Crippen molar-refractivity contribution in [1.29, 1.82) is 0 Å². The summed E-state index contributed by atoms with van der Waals surface area (Å²) in [7, 11) is 0. The van der Waals surface area contributed by atoms with E-state index in [0.29, 0.717) is 11.4 Å². The Kier molecular flexibility index (Phi) is 3.04. The summed E-state index contributed by atoms with van der Waals surface area (Å²) in [6.07, 6.45) is 1.08. The summed E-state index contributed by atoms with van der Waals surface area (Å²) in [5, 5.41) is 8.78. The van der Waals surface area contributed by atoms with Crippen LogP contribution in [0, 0.1) is 20.8 Å². The van der Waals surface area contributed by atoms with Crippen LogP contribution in [-0.2, 0) is 0 Å². The van der Waals surface area contributed by atoms with Crippen LogP contribution >= 0.6 is 0 Å². The molecule has 1 aliphatic heterocycles. The zero-order chi connectivity index (χ0) is 14.3. The maximum Gasteiger partial charge on any atom is 0.276 e. The van der Waals surface area contributed by atoms with Crippen molar-refractivity contribution in [3.8, 4) is 5.69 Å². The normalized spacial score (nSPS) is 14.2. The predicted octanol–water partition coefficient (Wildman–Crippen LogP) is 2.04. The maximum atomic E-state index is 12.2. The maximum absolute atomic E-state index is 12.2. The van der Waals surface area contributed by atoms with Gasteiger partial charge in [-0.2, -0.15) is 9.90 Å². The average molecular weight is 270 g/mol. The summed E-state index contributed by atoms with van der Waals surface area (Å²) in [6.45, 7) is 7.57. The van der Waals surface area contributed by atoms with E-state index in [9.17, 15) is 4.79 Å². The van der Waals surface area contributed by atoms with Crippen molar-refractivity contribution in [3.05, 3.63) is 40.7 Å². The molecule has 3 rings (SSSR count). The van der Waals surface area contributed by atoms with Gasteiger partial charge in [0, 0.05) is 13.1 Å². The summed E-state index contributed by atoms with van der Waals surface area (Å²) in [5.41, 5.74) is 4.36. The first-order chi connectivity index (χ1) is 9.56. The number of nitrogens with zero attached hydrogens (tertiary/aromatic N) is 4. The number of amides is 1. The van der Waals surface area contributed by atoms with Gasteiger partial charge in [0.25, 0.3) is 5.91 Å². The Morgan fingerprint density at radius 3 is 2.50 bits per heavy atom. The molecule has 0 atom stereocenters. The van der Waals surface area contributed by atoms with E-state index in [-0.39, 0.29) is 5.91 Å². The second-order valence-electron chi connectivity index (χ2n) is 5.36. The first-order valence-corrected chi connectivity index (χ1v) is 6.87. The second-order valence-corrected chi connectivity index (χ2v) is 5.36. The Bertz CT molecular complexity index is 671. The van der Waals surface area contributed by atoms with Gasteiger partial charge in [-0.1, -0.05) is 17.7 Å². The van der Waals surface area contributed by atoms with Crippen LogP contribution in [0.3, 0.4) is 0 Å². The molecule has 0 bridgehead atoms. The van der Waals surface area contributed by atoms with Crippen LogP contribution in [-0.4, -0.2) is 38.9 Å². The highest BCUT2D eigenvalue weighted by molar-refractivity contribution is 5.93. The second kappa shape index (κ2) is 4.74.